The quantitative estimate of drug-likeness (QED) is 0.717. The van der Waals surface area contributed by atoms with Crippen molar-refractivity contribution < 1.29 is 24.9 Å². The van der Waals surface area contributed by atoms with Crippen LogP contribution in [0.3, 0.4) is 0 Å². The first kappa shape index (κ1) is 12.1. The number of imidazole rings is 1. The van der Waals surface area contributed by atoms with Gasteiger partial charge in [0.25, 0.3) is 0 Å². The zero-order chi connectivity index (χ0) is 13.3. The van der Waals surface area contributed by atoms with Crippen molar-refractivity contribution in [1.82, 2.24) is 9.38 Å². The van der Waals surface area contributed by atoms with Gasteiger partial charge in [-0.15, -0.1) is 0 Å². The van der Waals surface area contributed by atoms with Crippen LogP contribution >= 0.6 is 0 Å². The van der Waals surface area contributed by atoms with Gasteiger partial charge in [0, 0.05) is 12.6 Å². The van der Waals surface area contributed by atoms with Gasteiger partial charge in [-0.3, -0.25) is 0 Å². The highest BCUT2D eigenvalue weighted by Gasteiger charge is 2.21. The summed E-state index contributed by atoms with van der Waals surface area (Å²) in [7, 11) is 0. The monoisotopic (exact) mass is 250 g/mol. The Bertz CT molecular complexity index is 632. The number of hydrogen-bond acceptors (Lipinski definition) is 4. The second-order valence-electron chi connectivity index (χ2n) is 3.60. The fourth-order valence-electron chi connectivity index (χ4n) is 1.80. The Morgan fingerprint density at radius 2 is 2.00 bits per heavy atom. The highest BCUT2D eigenvalue weighted by molar-refractivity contribution is 6.03. The molecule has 0 unspecified atom stereocenters. The first-order valence-electron chi connectivity index (χ1n) is 5.13. The first-order chi connectivity index (χ1) is 8.56. The highest BCUT2D eigenvalue weighted by atomic mass is 16.4. The van der Waals surface area contributed by atoms with Crippen molar-refractivity contribution >= 4 is 17.5 Å². The van der Waals surface area contributed by atoms with Crippen molar-refractivity contribution in [3.8, 4) is 0 Å². The van der Waals surface area contributed by atoms with Gasteiger partial charge in [-0.1, -0.05) is 0 Å². The Morgan fingerprint density at radius 1 is 1.28 bits per heavy atom. The number of carboxylic acids is 2. The zero-order valence-electron chi connectivity index (χ0n) is 9.20. The van der Waals surface area contributed by atoms with Crippen molar-refractivity contribution in [3.63, 3.8) is 0 Å². The van der Waals surface area contributed by atoms with E-state index in [1.165, 1.54) is 22.7 Å². The summed E-state index contributed by atoms with van der Waals surface area (Å²) in [6, 6.07) is 2.80. The van der Waals surface area contributed by atoms with Gasteiger partial charge in [0.15, 0.2) is 5.69 Å². The van der Waals surface area contributed by atoms with E-state index in [9.17, 15) is 9.59 Å². The molecular weight excluding hydrogens is 240 g/mol. The average molecular weight is 250 g/mol. The van der Waals surface area contributed by atoms with Crippen LogP contribution in [0.15, 0.2) is 18.3 Å². The minimum absolute atomic E-state index is 0.0287. The number of aliphatic hydroxyl groups excluding tert-OH is 1. The number of hydrogen-bond donors (Lipinski definition) is 3. The lowest BCUT2D eigenvalue weighted by Crippen LogP contribution is -2.04. The summed E-state index contributed by atoms with van der Waals surface area (Å²) in [6.07, 6.45) is 1.67. The smallest absolute Gasteiger partial charge is 0.356 e. The van der Waals surface area contributed by atoms with Gasteiger partial charge in [-0.05, 0) is 12.1 Å². The van der Waals surface area contributed by atoms with Crippen LogP contribution in [0.5, 0.6) is 0 Å². The second-order valence-corrected chi connectivity index (χ2v) is 3.60. The van der Waals surface area contributed by atoms with Crippen LogP contribution in [0.4, 0.5) is 0 Å². The third-order valence-corrected chi connectivity index (χ3v) is 2.51. The molecule has 0 atom stereocenters. The molecule has 0 spiro atoms. The van der Waals surface area contributed by atoms with Crippen LogP contribution in [-0.4, -0.2) is 43.2 Å². The van der Waals surface area contributed by atoms with E-state index in [1.807, 2.05) is 0 Å². The molecule has 0 aliphatic carbocycles. The number of pyridine rings is 1. The van der Waals surface area contributed by atoms with E-state index in [0.29, 0.717) is 5.82 Å². The third-order valence-electron chi connectivity index (χ3n) is 2.51. The Morgan fingerprint density at radius 3 is 2.56 bits per heavy atom. The molecule has 0 radical (unpaired) electrons. The predicted molar refractivity (Wildman–Crippen MR) is 59.9 cm³/mol. The number of fused-ring (bicyclic) bond motifs is 1. The lowest BCUT2D eigenvalue weighted by molar-refractivity contribution is 0.0691. The number of aromatic nitrogens is 2. The number of carbonyl (C=O) groups is 2. The SMILES string of the molecule is O=C(O)c1cccn2c(CCO)nc(C(=O)O)c12. The molecule has 0 bridgehead atoms. The molecule has 2 aromatic heterocycles. The molecule has 0 saturated carbocycles. The van der Waals surface area contributed by atoms with Crippen LogP contribution in [0.25, 0.3) is 5.52 Å². The summed E-state index contributed by atoms with van der Waals surface area (Å²) in [5.74, 6) is -2.21. The fraction of sp³-hybridized carbons (Fsp3) is 0.182. The average Bonchev–Trinajstić information content (AvgIpc) is 2.69. The van der Waals surface area contributed by atoms with Crippen LogP contribution in [-0.2, 0) is 6.42 Å². The molecule has 2 heterocycles. The second kappa shape index (κ2) is 4.46. The highest BCUT2D eigenvalue weighted by Crippen LogP contribution is 2.18. The molecule has 94 valence electrons. The maximum Gasteiger partial charge on any atom is 0.356 e. The maximum absolute atomic E-state index is 11.1. The molecule has 0 aliphatic rings. The Hall–Kier alpha value is -2.41. The Balaban J connectivity index is 2.82. The van der Waals surface area contributed by atoms with Gasteiger partial charge >= 0.3 is 11.9 Å². The standard InChI is InChI=1S/C11H10N2O5/c14-5-3-7-12-8(11(17)18)9-6(10(15)16)2-1-4-13(7)9/h1-2,4,14H,3,5H2,(H,15,16)(H,17,18). The minimum Gasteiger partial charge on any atom is -0.478 e. The van der Waals surface area contributed by atoms with Crippen molar-refractivity contribution in [3.05, 3.63) is 35.4 Å². The molecule has 0 saturated heterocycles. The predicted octanol–water partition coefficient (Wildman–Crippen LogP) is 0.265. The van der Waals surface area contributed by atoms with Crippen LogP contribution < -0.4 is 0 Å². The van der Waals surface area contributed by atoms with Crippen molar-refractivity contribution in [1.29, 1.82) is 0 Å². The Kier molecular flexibility index (Phi) is 2.99. The molecule has 0 aliphatic heterocycles. The van der Waals surface area contributed by atoms with Crippen LogP contribution in [0.2, 0.25) is 0 Å². The summed E-state index contributed by atoms with van der Waals surface area (Å²) in [4.78, 5) is 26.0. The lowest BCUT2D eigenvalue weighted by Gasteiger charge is -2.01. The summed E-state index contributed by atoms with van der Waals surface area (Å²) >= 11 is 0. The lowest BCUT2D eigenvalue weighted by atomic mass is 10.2. The van der Waals surface area contributed by atoms with Crippen molar-refractivity contribution in [2.24, 2.45) is 0 Å². The van der Waals surface area contributed by atoms with E-state index in [-0.39, 0.29) is 29.8 Å². The van der Waals surface area contributed by atoms with E-state index in [0.717, 1.165) is 0 Å². The summed E-state index contributed by atoms with van der Waals surface area (Å²) in [6.45, 7) is -0.199. The summed E-state index contributed by atoms with van der Waals surface area (Å²) < 4.78 is 1.38. The molecule has 18 heavy (non-hydrogen) atoms. The van der Waals surface area contributed by atoms with Gasteiger partial charge in [-0.2, -0.15) is 0 Å². The summed E-state index contributed by atoms with van der Waals surface area (Å²) in [5.41, 5.74) is -0.427. The van der Waals surface area contributed by atoms with Gasteiger partial charge in [-0.25, -0.2) is 14.6 Å². The van der Waals surface area contributed by atoms with Gasteiger partial charge in [0.2, 0.25) is 0 Å². The molecule has 7 heteroatoms. The maximum atomic E-state index is 11.1. The van der Waals surface area contributed by atoms with Gasteiger partial charge in [0.05, 0.1) is 17.7 Å². The normalized spacial score (nSPS) is 10.7. The van der Waals surface area contributed by atoms with Crippen molar-refractivity contribution in [2.45, 2.75) is 6.42 Å². The van der Waals surface area contributed by atoms with Crippen LogP contribution in [0.1, 0.15) is 26.7 Å². The van der Waals surface area contributed by atoms with E-state index in [4.69, 9.17) is 15.3 Å². The Labute approximate surface area is 101 Å². The van der Waals surface area contributed by atoms with Gasteiger partial charge in [0.1, 0.15) is 5.82 Å². The number of nitrogens with zero attached hydrogens (tertiary/aromatic N) is 2. The van der Waals surface area contributed by atoms with Crippen molar-refractivity contribution in [2.75, 3.05) is 6.61 Å². The van der Waals surface area contributed by atoms with Gasteiger partial charge < -0.3 is 19.7 Å². The van der Waals surface area contributed by atoms with E-state index in [2.05, 4.69) is 4.98 Å². The fourth-order valence-corrected chi connectivity index (χ4v) is 1.80. The largest absolute Gasteiger partial charge is 0.478 e. The molecule has 0 fully saturated rings. The number of carboxylic acid groups (broad SMARTS) is 2. The molecule has 0 aromatic carbocycles. The minimum atomic E-state index is -1.30. The topological polar surface area (TPSA) is 112 Å². The first-order valence-corrected chi connectivity index (χ1v) is 5.13. The molecule has 0 amide bonds. The molecule has 2 aromatic rings. The number of aliphatic hydroxyl groups is 1. The molecular formula is C11H10N2O5. The molecule has 2 rings (SSSR count). The third kappa shape index (κ3) is 1.80. The number of aromatic carboxylic acids is 2. The zero-order valence-corrected chi connectivity index (χ0v) is 9.20. The summed E-state index contributed by atoms with van der Waals surface area (Å²) in [5, 5.41) is 27.0. The molecule has 3 N–H and O–H groups in total. The van der Waals surface area contributed by atoms with E-state index in [1.54, 1.807) is 0 Å². The van der Waals surface area contributed by atoms with E-state index >= 15 is 0 Å². The van der Waals surface area contributed by atoms with E-state index < -0.39 is 11.9 Å². The molecule has 7 nitrogen and oxygen atoms in total. The number of rotatable bonds is 4. The van der Waals surface area contributed by atoms with Crippen LogP contribution in [0, 0.1) is 0 Å².